The molecule has 106 valence electrons. The van der Waals surface area contributed by atoms with Crippen LogP contribution < -0.4 is 0 Å². The number of piperidine rings is 1. The molecule has 1 saturated heterocycles. The number of halogens is 1. The highest BCUT2D eigenvalue weighted by molar-refractivity contribution is 7.91. The summed E-state index contributed by atoms with van der Waals surface area (Å²) in [4.78, 5) is 11.4. The lowest BCUT2D eigenvalue weighted by Crippen LogP contribution is -2.57. The molecule has 0 aromatic carbocycles. The minimum absolute atomic E-state index is 0.0897. The fraction of sp³-hybridized carbons (Fsp3) is 0.545. The van der Waals surface area contributed by atoms with E-state index >= 15 is 0 Å². The molecule has 1 aliphatic heterocycles. The molecule has 1 aromatic rings. The van der Waals surface area contributed by atoms with Gasteiger partial charge in [0, 0.05) is 6.54 Å². The predicted octanol–water partition coefficient (Wildman–Crippen LogP) is 2.42. The number of carboxylic acids is 1. The topological polar surface area (TPSA) is 74.7 Å². The van der Waals surface area contributed by atoms with Gasteiger partial charge in [-0.3, -0.25) is 4.79 Å². The molecule has 1 N–H and O–H groups in total. The Morgan fingerprint density at radius 3 is 2.68 bits per heavy atom. The van der Waals surface area contributed by atoms with Crippen molar-refractivity contribution < 1.29 is 18.3 Å². The smallest absolute Gasteiger partial charge is 0.324 e. The molecule has 19 heavy (non-hydrogen) atoms. The molecule has 0 saturated carbocycles. The van der Waals surface area contributed by atoms with Crippen LogP contribution in [0.4, 0.5) is 0 Å². The van der Waals surface area contributed by atoms with Crippen LogP contribution in [0.3, 0.4) is 0 Å². The predicted molar refractivity (Wildman–Crippen MR) is 73.1 cm³/mol. The molecule has 0 aliphatic carbocycles. The molecule has 0 radical (unpaired) electrons. The summed E-state index contributed by atoms with van der Waals surface area (Å²) in [6, 6.07) is 2.92. The summed E-state index contributed by atoms with van der Waals surface area (Å²) in [5.41, 5.74) is -1.38. The highest BCUT2D eigenvalue weighted by Gasteiger charge is 2.48. The maximum absolute atomic E-state index is 12.5. The summed E-state index contributed by atoms with van der Waals surface area (Å²) >= 11 is 6.70. The van der Waals surface area contributed by atoms with Gasteiger partial charge in [0.15, 0.2) is 0 Å². The Kier molecular flexibility index (Phi) is 3.92. The Balaban J connectivity index is 2.46. The summed E-state index contributed by atoms with van der Waals surface area (Å²) in [7, 11) is -3.81. The maximum atomic E-state index is 12.5. The first kappa shape index (κ1) is 14.8. The second kappa shape index (κ2) is 5.05. The molecule has 1 unspecified atom stereocenters. The molecular weight excluding hydrogens is 310 g/mol. The average molecular weight is 324 g/mol. The van der Waals surface area contributed by atoms with Crippen LogP contribution in [-0.4, -0.2) is 35.9 Å². The van der Waals surface area contributed by atoms with Crippen molar-refractivity contribution in [2.75, 3.05) is 6.54 Å². The van der Waals surface area contributed by atoms with Gasteiger partial charge >= 0.3 is 5.97 Å². The molecule has 5 nitrogen and oxygen atoms in total. The molecular formula is C11H14ClNO4S2. The molecule has 0 bridgehead atoms. The Labute approximate surface area is 120 Å². The Morgan fingerprint density at radius 2 is 2.16 bits per heavy atom. The average Bonchev–Trinajstić information content (AvgIpc) is 2.76. The van der Waals surface area contributed by atoms with E-state index in [2.05, 4.69) is 0 Å². The maximum Gasteiger partial charge on any atom is 0.324 e. The van der Waals surface area contributed by atoms with Crippen LogP contribution in [0.2, 0.25) is 4.34 Å². The molecule has 0 spiro atoms. The number of carboxylic acid groups (broad SMARTS) is 1. The summed E-state index contributed by atoms with van der Waals surface area (Å²) in [6.07, 6.45) is 1.70. The van der Waals surface area contributed by atoms with E-state index in [9.17, 15) is 18.3 Å². The number of aliphatic carboxylic acids is 1. The van der Waals surface area contributed by atoms with Gasteiger partial charge in [-0.2, -0.15) is 4.31 Å². The van der Waals surface area contributed by atoms with Gasteiger partial charge in [0.25, 0.3) is 10.0 Å². The Hall–Kier alpha value is -0.630. The van der Waals surface area contributed by atoms with Crippen LogP contribution >= 0.6 is 22.9 Å². The van der Waals surface area contributed by atoms with Crippen molar-refractivity contribution in [2.45, 2.75) is 35.9 Å². The SMILES string of the molecule is CC1(C(=O)O)CCCCN1S(=O)(=O)c1ccc(Cl)s1. The number of nitrogens with zero attached hydrogens (tertiary/aromatic N) is 1. The van der Waals surface area contributed by atoms with Crippen LogP contribution in [0.25, 0.3) is 0 Å². The van der Waals surface area contributed by atoms with Crippen LogP contribution in [0, 0.1) is 0 Å². The third-order valence-corrected chi connectivity index (χ3v) is 7.10. The van der Waals surface area contributed by atoms with Crippen molar-refractivity contribution in [1.29, 1.82) is 0 Å². The lowest BCUT2D eigenvalue weighted by Gasteiger charge is -2.39. The highest BCUT2D eigenvalue weighted by atomic mass is 35.5. The van der Waals surface area contributed by atoms with Crippen LogP contribution in [-0.2, 0) is 14.8 Å². The fourth-order valence-electron chi connectivity index (χ4n) is 2.24. The number of thiophene rings is 1. The first-order chi connectivity index (χ1) is 8.78. The highest BCUT2D eigenvalue weighted by Crippen LogP contribution is 2.36. The lowest BCUT2D eigenvalue weighted by molar-refractivity contribution is -0.149. The van der Waals surface area contributed by atoms with E-state index in [0.717, 1.165) is 15.6 Å². The molecule has 1 fully saturated rings. The zero-order valence-electron chi connectivity index (χ0n) is 10.3. The zero-order valence-corrected chi connectivity index (χ0v) is 12.7. The molecule has 1 atom stereocenters. The first-order valence-corrected chi connectivity index (χ1v) is 8.43. The minimum atomic E-state index is -3.81. The third kappa shape index (κ3) is 2.52. The number of carbonyl (C=O) groups is 1. The lowest BCUT2D eigenvalue weighted by atomic mass is 9.91. The number of hydrogen-bond donors (Lipinski definition) is 1. The van der Waals surface area contributed by atoms with Gasteiger partial charge in [0.05, 0.1) is 4.34 Å². The van der Waals surface area contributed by atoms with E-state index in [1.807, 2.05) is 0 Å². The fourth-order valence-corrected chi connectivity index (χ4v) is 5.64. The van der Waals surface area contributed by atoms with Gasteiger partial charge in [-0.25, -0.2) is 8.42 Å². The molecule has 8 heteroatoms. The van der Waals surface area contributed by atoms with Crippen LogP contribution in [0.1, 0.15) is 26.2 Å². The van der Waals surface area contributed by atoms with Crippen LogP contribution in [0.15, 0.2) is 16.3 Å². The van der Waals surface area contributed by atoms with E-state index in [-0.39, 0.29) is 10.8 Å². The van der Waals surface area contributed by atoms with Gasteiger partial charge in [-0.05, 0) is 38.3 Å². The number of rotatable bonds is 3. The van der Waals surface area contributed by atoms with E-state index in [1.54, 1.807) is 0 Å². The third-order valence-electron chi connectivity index (χ3n) is 3.38. The van der Waals surface area contributed by atoms with E-state index in [4.69, 9.17) is 11.6 Å². The van der Waals surface area contributed by atoms with Gasteiger partial charge in [0.1, 0.15) is 9.75 Å². The summed E-state index contributed by atoms with van der Waals surface area (Å²) < 4.78 is 26.6. The largest absolute Gasteiger partial charge is 0.480 e. The Morgan fingerprint density at radius 1 is 1.47 bits per heavy atom. The summed E-state index contributed by atoms with van der Waals surface area (Å²) in [5.74, 6) is -1.11. The van der Waals surface area contributed by atoms with Crippen molar-refractivity contribution in [3.05, 3.63) is 16.5 Å². The zero-order chi connectivity index (χ0) is 14.3. The van der Waals surface area contributed by atoms with E-state index < -0.39 is 21.5 Å². The van der Waals surface area contributed by atoms with Crippen molar-refractivity contribution in [2.24, 2.45) is 0 Å². The van der Waals surface area contributed by atoms with E-state index in [1.165, 1.54) is 19.1 Å². The van der Waals surface area contributed by atoms with E-state index in [0.29, 0.717) is 23.6 Å². The normalized spacial score (nSPS) is 25.4. The second-order valence-corrected chi connectivity index (χ2v) is 8.48. The van der Waals surface area contributed by atoms with Gasteiger partial charge < -0.3 is 5.11 Å². The number of sulfonamides is 1. The molecule has 2 heterocycles. The second-order valence-electron chi connectivity index (χ2n) is 4.67. The molecule has 2 rings (SSSR count). The van der Waals surface area contributed by atoms with Gasteiger partial charge in [-0.15, -0.1) is 11.3 Å². The van der Waals surface area contributed by atoms with Crippen LogP contribution in [0.5, 0.6) is 0 Å². The quantitative estimate of drug-likeness (QED) is 0.927. The van der Waals surface area contributed by atoms with Gasteiger partial charge in [0.2, 0.25) is 0 Å². The molecule has 0 amide bonds. The monoisotopic (exact) mass is 323 g/mol. The molecule has 1 aromatic heterocycles. The van der Waals surface area contributed by atoms with Gasteiger partial charge in [-0.1, -0.05) is 11.6 Å². The Bertz CT molecular complexity index is 598. The molecule has 1 aliphatic rings. The van der Waals surface area contributed by atoms with Crippen molar-refractivity contribution in [1.82, 2.24) is 4.31 Å². The standard InChI is InChI=1S/C11H14ClNO4S2/c1-11(10(14)15)6-2-3-7-13(11)19(16,17)9-5-4-8(12)18-9/h4-5H,2-3,6-7H2,1H3,(H,14,15). The van der Waals surface area contributed by atoms with Crippen molar-refractivity contribution in [3.8, 4) is 0 Å². The van der Waals surface area contributed by atoms with Crippen molar-refractivity contribution >= 4 is 38.9 Å². The van der Waals surface area contributed by atoms with Crippen molar-refractivity contribution in [3.63, 3.8) is 0 Å². The summed E-state index contributed by atoms with van der Waals surface area (Å²) in [6.45, 7) is 1.68. The minimum Gasteiger partial charge on any atom is -0.480 e. The number of hydrogen-bond acceptors (Lipinski definition) is 4. The summed E-state index contributed by atoms with van der Waals surface area (Å²) in [5, 5.41) is 9.35. The first-order valence-electron chi connectivity index (χ1n) is 5.80.